The summed E-state index contributed by atoms with van der Waals surface area (Å²) in [6.45, 7) is 0.648. The molecule has 0 aromatic rings. The van der Waals surface area contributed by atoms with Gasteiger partial charge in [-0.25, -0.2) is 0 Å². The molecule has 0 aromatic carbocycles. The quantitative estimate of drug-likeness (QED) is 0.355. The second-order valence-electron chi connectivity index (χ2n) is 4.16. The van der Waals surface area contributed by atoms with Crippen LogP contribution in [-0.4, -0.2) is 30.2 Å². The van der Waals surface area contributed by atoms with E-state index < -0.39 is 0 Å². The van der Waals surface area contributed by atoms with E-state index in [0.717, 1.165) is 25.7 Å². The zero-order valence-corrected chi connectivity index (χ0v) is 9.91. The summed E-state index contributed by atoms with van der Waals surface area (Å²) in [6.07, 6.45) is 6.31. The van der Waals surface area contributed by atoms with Crippen LogP contribution < -0.4 is 10.6 Å². The highest BCUT2D eigenvalue weighted by Crippen LogP contribution is 2.17. The first kappa shape index (κ1) is 13.5. The summed E-state index contributed by atoms with van der Waals surface area (Å²) in [5.41, 5.74) is 0.0924. The molecule has 1 aliphatic rings. The van der Waals surface area contributed by atoms with Crippen LogP contribution in [0.5, 0.6) is 0 Å². The molecule has 5 heteroatoms. The molecule has 1 amide bonds. The Kier molecular flexibility index (Phi) is 6.12. The van der Waals surface area contributed by atoms with E-state index in [9.17, 15) is 4.79 Å². The first-order valence-electron chi connectivity index (χ1n) is 6.03. The van der Waals surface area contributed by atoms with Gasteiger partial charge in [0, 0.05) is 25.4 Å². The van der Waals surface area contributed by atoms with Gasteiger partial charge in [-0.1, -0.05) is 12.8 Å². The van der Waals surface area contributed by atoms with Gasteiger partial charge in [0.1, 0.15) is 11.6 Å². The predicted molar refractivity (Wildman–Crippen MR) is 63.8 cm³/mol. The third-order valence-electron chi connectivity index (χ3n) is 2.78. The molecule has 0 atom stereocenters. The monoisotopic (exact) mass is 237 g/mol. The van der Waals surface area contributed by atoms with Gasteiger partial charge in [-0.15, -0.1) is 0 Å². The number of amides is 1. The van der Waals surface area contributed by atoms with Gasteiger partial charge < -0.3 is 15.7 Å². The summed E-state index contributed by atoms with van der Waals surface area (Å²) in [6, 6.07) is 2.10. The lowest BCUT2D eigenvalue weighted by molar-refractivity contribution is -0.117. The Balaban J connectivity index is 2.37. The van der Waals surface area contributed by atoms with Gasteiger partial charge in [0.05, 0.1) is 0 Å². The highest BCUT2D eigenvalue weighted by molar-refractivity contribution is 5.97. The van der Waals surface area contributed by atoms with E-state index in [1.807, 2.05) is 6.07 Å². The van der Waals surface area contributed by atoms with E-state index in [1.165, 1.54) is 6.20 Å². The van der Waals surface area contributed by atoms with Crippen LogP contribution in [0.15, 0.2) is 11.8 Å². The minimum atomic E-state index is -0.309. The van der Waals surface area contributed by atoms with Gasteiger partial charge in [-0.3, -0.25) is 4.79 Å². The largest absolute Gasteiger partial charge is 0.396 e. The first-order chi connectivity index (χ1) is 8.27. The van der Waals surface area contributed by atoms with E-state index in [-0.39, 0.29) is 24.1 Å². The lowest BCUT2D eigenvalue weighted by atomic mass is 10.2. The van der Waals surface area contributed by atoms with Crippen LogP contribution in [0.25, 0.3) is 0 Å². The Bertz CT molecular complexity index is 314. The topological polar surface area (TPSA) is 85.2 Å². The Morgan fingerprint density at radius 3 is 2.76 bits per heavy atom. The van der Waals surface area contributed by atoms with Gasteiger partial charge in [-0.2, -0.15) is 5.26 Å². The Morgan fingerprint density at radius 1 is 1.47 bits per heavy atom. The van der Waals surface area contributed by atoms with Crippen molar-refractivity contribution >= 4 is 5.91 Å². The molecule has 94 valence electrons. The first-order valence-corrected chi connectivity index (χ1v) is 6.03. The summed E-state index contributed by atoms with van der Waals surface area (Å²) in [5, 5.41) is 23.1. The second kappa shape index (κ2) is 7.69. The van der Waals surface area contributed by atoms with Crippen molar-refractivity contribution in [3.8, 4) is 6.07 Å². The molecule has 1 saturated carbocycles. The van der Waals surface area contributed by atoms with E-state index >= 15 is 0 Å². The Labute approximate surface area is 102 Å². The molecule has 0 aliphatic heterocycles. The molecule has 0 aromatic heterocycles. The van der Waals surface area contributed by atoms with Crippen molar-refractivity contribution in [2.75, 3.05) is 13.2 Å². The van der Waals surface area contributed by atoms with Gasteiger partial charge >= 0.3 is 0 Å². The molecule has 0 spiro atoms. The zero-order valence-electron chi connectivity index (χ0n) is 9.91. The highest BCUT2D eigenvalue weighted by atomic mass is 16.3. The van der Waals surface area contributed by atoms with Crippen molar-refractivity contribution in [1.82, 2.24) is 10.6 Å². The van der Waals surface area contributed by atoms with Crippen molar-refractivity contribution in [2.45, 2.75) is 38.1 Å². The number of nitrogens with zero attached hydrogens (tertiary/aromatic N) is 1. The molecule has 0 heterocycles. The number of nitrogens with one attached hydrogen (secondary N) is 2. The normalized spacial score (nSPS) is 16.6. The fraction of sp³-hybridized carbons (Fsp3) is 0.667. The summed E-state index contributed by atoms with van der Waals surface area (Å²) in [4.78, 5) is 11.7. The standard InChI is InChI=1S/C12H19N3O2/c13-8-10(9-14-6-3-7-16)12(17)15-11-4-1-2-5-11/h9,11,14,16H,1-7H2,(H,15,17)/b10-9-. The highest BCUT2D eigenvalue weighted by Gasteiger charge is 2.18. The molecular weight excluding hydrogens is 218 g/mol. The second-order valence-corrected chi connectivity index (χ2v) is 4.16. The van der Waals surface area contributed by atoms with Crippen LogP contribution >= 0.6 is 0 Å². The number of carbonyl (C=O) groups excluding carboxylic acids is 1. The minimum Gasteiger partial charge on any atom is -0.396 e. The van der Waals surface area contributed by atoms with E-state index in [2.05, 4.69) is 10.6 Å². The van der Waals surface area contributed by atoms with Crippen molar-refractivity contribution in [1.29, 1.82) is 5.26 Å². The molecular formula is C12H19N3O2. The number of hydrogen-bond acceptors (Lipinski definition) is 4. The minimum absolute atomic E-state index is 0.0924. The van der Waals surface area contributed by atoms with Crippen LogP contribution in [0.1, 0.15) is 32.1 Å². The molecule has 0 bridgehead atoms. The summed E-state index contributed by atoms with van der Waals surface area (Å²) in [7, 11) is 0. The van der Waals surface area contributed by atoms with Gasteiger partial charge in [0.15, 0.2) is 0 Å². The average Bonchev–Trinajstić information content (AvgIpc) is 2.82. The molecule has 3 N–H and O–H groups in total. The van der Waals surface area contributed by atoms with Crippen LogP contribution in [0, 0.1) is 11.3 Å². The summed E-state index contributed by atoms with van der Waals surface area (Å²) < 4.78 is 0. The maximum Gasteiger partial charge on any atom is 0.263 e. The lowest BCUT2D eigenvalue weighted by Crippen LogP contribution is -2.33. The van der Waals surface area contributed by atoms with Crippen LogP contribution in [0.2, 0.25) is 0 Å². The molecule has 1 fully saturated rings. The third-order valence-corrected chi connectivity index (χ3v) is 2.78. The van der Waals surface area contributed by atoms with E-state index in [0.29, 0.717) is 13.0 Å². The Hall–Kier alpha value is -1.54. The number of hydrogen-bond donors (Lipinski definition) is 3. The number of aliphatic hydroxyl groups is 1. The fourth-order valence-corrected chi connectivity index (χ4v) is 1.84. The maximum atomic E-state index is 11.7. The SMILES string of the molecule is N#C/C(=C/NCCCO)C(=O)NC1CCCC1. The van der Waals surface area contributed by atoms with Crippen LogP contribution in [0.3, 0.4) is 0 Å². The average molecular weight is 237 g/mol. The molecule has 17 heavy (non-hydrogen) atoms. The number of aliphatic hydroxyl groups excluding tert-OH is 1. The van der Waals surface area contributed by atoms with E-state index in [1.54, 1.807) is 0 Å². The van der Waals surface area contributed by atoms with Gasteiger partial charge in [-0.05, 0) is 19.3 Å². The fourth-order valence-electron chi connectivity index (χ4n) is 1.84. The number of nitriles is 1. The molecule has 1 rings (SSSR count). The predicted octanol–water partition coefficient (Wildman–Crippen LogP) is 0.425. The summed E-state index contributed by atoms with van der Waals surface area (Å²) in [5.74, 6) is -0.309. The molecule has 0 saturated heterocycles. The number of rotatable bonds is 6. The maximum absolute atomic E-state index is 11.7. The summed E-state index contributed by atoms with van der Waals surface area (Å²) >= 11 is 0. The van der Waals surface area contributed by atoms with Crippen molar-refractivity contribution in [3.63, 3.8) is 0 Å². The van der Waals surface area contributed by atoms with Gasteiger partial charge in [0.25, 0.3) is 5.91 Å². The van der Waals surface area contributed by atoms with Crippen LogP contribution in [0.4, 0.5) is 0 Å². The van der Waals surface area contributed by atoms with Crippen molar-refractivity contribution < 1.29 is 9.90 Å². The molecule has 5 nitrogen and oxygen atoms in total. The Morgan fingerprint density at radius 2 is 2.18 bits per heavy atom. The van der Waals surface area contributed by atoms with E-state index in [4.69, 9.17) is 10.4 Å². The smallest absolute Gasteiger partial charge is 0.263 e. The third kappa shape index (κ3) is 4.87. The van der Waals surface area contributed by atoms with Crippen molar-refractivity contribution in [3.05, 3.63) is 11.8 Å². The molecule has 1 aliphatic carbocycles. The molecule has 0 radical (unpaired) electrons. The lowest BCUT2D eigenvalue weighted by Gasteiger charge is -2.11. The molecule has 0 unspecified atom stereocenters. The van der Waals surface area contributed by atoms with Gasteiger partial charge in [0.2, 0.25) is 0 Å². The van der Waals surface area contributed by atoms with Crippen molar-refractivity contribution in [2.24, 2.45) is 0 Å². The van der Waals surface area contributed by atoms with Crippen LogP contribution in [-0.2, 0) is 4.79 Å². The zero-order chi connectivity index (χ0) is 12.5. The number of carbonyl (C=O) groups is 1.